The van der Waals surface area contributed by atoms with Gasteiger partial charge in [0.25, 0.3) is 0 Å². The second-order valence-corrected chi connectivity index (χ2v) is 7.77. The molecule has 8 heteroatoms. The number of nitrogens with one attached hydrogen (secondary N) is 1. The minimum absolute atomic E-state index is 0.0228. The predicted octanol–water partition coefficient (Wildman–Crippen LogP) is 2.86. The van der Waals surface area contributed by atoms with Crippen molar-refractivity contribution in [3.63, 3.8) is 0 Å². The molecule has 0 aliphatic carbocycles. The molecule has 1 aliphatic rings. The van der Waals surface area contributed by atoms with E-state index in [4.69, 9.17) is 4.52 Å². The maximum atomic E-state index is 12.3. The minimum Gasteiger partial charge on any atom is -0.338 e. The smallest absolute Gasteiger partial charge is 0.241 e. The summed E-state index contributed by atoms with van der Waals surface area (Å²) in [7, 11) is 0. The third kappa shape index (κ3) is 4.83. The molecule has 1 amide bonds. The molecule has 1 aromatic carbocycles. The van der Waals surface area contributed by atoms with Crippen LogP contribution in [0.15, 0.2) is 45.6 Å². The molecule has 0 unspecified atom stereocenters. The number of carbonyl (C=O) groups is 1. The number of amides is 1. The van der Waals surface area contributed by atoms with Crippen LogP contribution in [0.3, 0.4) is 0 Å². The van der Waals surface area contributed by atoms with Gasteiger partial charge in [-0.05, 0) is 30.5 Å². The lowest BCUT2D eigenvalue weighted by atomic mass is 10.2. The SMILES string of the molecule is Cc1ccc(NC(=O)CN2CCN(Cc3nc(-c4ccsc4)no3)CC2)cc1. The molecular formula is C20H23N5O2S. The number of piperazine rings is 1. The number of hydrogen-bond acceptors (Lipinski definition) is 7. The van der Waals surface area contributed by atoms with E-state index in [0.717, 1.165) is 37.4 Å². The second-order valence-electron chi connectivity index (χ2n) is 6.99. The Morgan fingerprint density at radius 2 is 1.89 bits per heavy atom. The maximum absolute atomic E-state index is 12.3. The molecule has 1 fully saturated rings. The molecule has 0 spiro atoms. The van der Waals surface area contributed by atoms with Crippen molar-refractivity contribution in [2.45, 2.75) is 13.5 Å². The molecule has 1 aliphatic heterocycles. The standard InChI is InChI=1S/C20H23N5O2S/c1-15-2-4-17(5-3-15)21-18(26)12-24-7-9-25(10-8-24)13-19-22-20(23-27-19)16-6-11-28-14-16/h2-6,11,14H,7-10,12-13H2,1H3,(H,21,26). The zero-order valence-electron chi connectivity index (χ0n) is 15.8. The number of aryl methyl sites for hydroxylation is 1. The minimum atomic E-state index is 0.0228. The van der Waals surface area contributed by atoms with Gasteiger partial charge in [-0.15, -0.1) is 0 Å². The summed E-state index contributed by atoms with van der Waals surface area (Å²) in [5, 5.41) is 11.0. The molecule has 3 aromatic rings. The highest BCUT2D eigenvalue weighted by Gasteiger charge is 2.21. The summed E-state index contributed by atoms with van der Waals surface area (Å²) in [6.45, 7) is 6.50. The Balaban J connectivity index is 1.22. The van der Waals surface area contributed by atoms with Gasteiger partial charge in [0.15, 0.2) is 0 Å². The van der Waals surface area contributed by atoms with Crippen molar-refractivity contribution in [1.82, 2.24) is 19.9 Å². The molecule has 28 heavy (non-hydrogen) atoms. The Morgan fingerprint density at radius 1 is 1.14 bits per heavy atom. The lowest BCUT2D eigenvalue weighted by molar-refractivity contribution is -0.117. The monoisotopic (exact) mass is 397 g/mol. The number of nitrogens with zero attached hydrogens (tertiary/aromatic N) is 4. The first-order valence-corrected chi connectivity index (χ1v) is 10.3. The number of aromatic nitrogens is 2. The molecule has 2 aromatic heterocycles. The summed E-state index contributed by atoms with van der Waals surface area (Å²) in [5.41, 5.74) is 3.01. The van der Waals surface area contributed by atoms with Crippen LogP contribution in [-0.2, 0) is 11.3 Å². The van der Waals surface area contributed by atoms with Crippen LogP contribution in [0.4, 0.5) is 5.69 Å². The van der Waals surface area contributed by atoms with Crippen LogP contribution >= 0.6 is 11.3 Å². The van der Waals surface area contributed by atoms with Crippen molar-refractivity contribution >= 4 is 22.9 Å². The summed E-state index contributed by atoms with van der Waals surface area (Å²) in [6, 6.07) is 9.84. The summed E-state index contributed by atoms with van der Waals surface area (Å²) in [6.07, 6.45) is 0. The van der Waals surface area contributed by atoms with Gasteiger partial charge in [0.1, 0.15) is 0 Å². The third-order valence-corrected chi connectivity index (χ3v) is 5.46. The van der Waals surface area contributed by atoms with Gasteiger partial charge in [0.2, 0.25) is 17.6 Å². The predicted molar refractivity (Wildman–Crippen MR) is 109 cm³/mol. The first-order chi connectivity index (χ1) is 13.7. The molecule has 0 radical (unpaired) electrons. The normalized spacial score (nSPS) is 15.6. The largest absolute Gasteiger partial charge is 0.338 e. The van der Waals surface area contributed by atoms with Crippen LogP contribution in [0.5, 0.6) is 0 Å². The Kier molecular flexibility index (Phi) is 5.80. The summed E-state index contributed by atoms with van der Waals surface area (Å²) >= 11 is 1.62. The van der Waals surface area contributed by atoms with E-state index in [1.54, 1.807) is 11.3 Å². The lowest BCUT2D eigenvalue weighted by Crippen LogP contribution is -2.48. The maximum Gasteiger partial charge on any atom is 0.241 e. The van der Waals surface area contributed by atoms with Gasteiger partial charge in [-0.2, -0.15) is 16.3 Å². The quantitative estimate of drug-likeness (QED) is 0.689. The molecule has 0 atom stereocenters. The van der Waals surface area contributed by atoms with E-state index >= 15 is 0 Å². The number of benzene rings is 1. The number of rotatable bonds is 6. The van der Waals surface area contributed by atoms with Crippen molar-refractivity contribution < 1.29 is 9.32 Å². The fourth-order valence-corrected chi connectivity index (χ4v) is 3.80. The van der Waals surface area contributed by atoms with E-state index in [9.17, 15) is 4.79 Å². The molecule has 1 N–H and O–H groups in total. The molecule has 146 valence electrons. The fraction of sp³-hybridized carbons (Fsp3) is 0.350. The summed E-state index contributed by atoms with van der Waals surface area (Å²) in [5.74, 6) is 1.30. The fourth-order valence-electron chi connectivity index (χ4n) is 3.17. The van der Waals surface area contributed by atoms with Gasteiger partial charge in [0, 0.05) is 42.8 Å². The Hall–Kier alpha value is -2.55. The van der Waals surface area contributed by atoms with Crippen LogP contribution in [-0.4, -0.2) is 58.6 Å². The average Bonchev–Trinajstić information content (AvgIpc) is 3.37. The van der Waals surface area contributed by atoms with Gasteiger partial charge >= 0.3 is 0 Å². The number of hydrogen-bond donors (Lipinski definition) is 1. The molecule has 7 nitrogen and oxygen atoms in total. The van der Waals surface area contributed by atoms with Crippen LogP contribution in [0, 0.1) is 6.92 Å². The highest BCUT2D eigenvalue weighted by Crippen LogP contribution is 2.19. The van der Waals surface area contributed by atoms with Crippen molar-refractivity contribution in [2.75, 3.05) is 38.0 Å². The van der Waals surface area contributed by atoms with Crippen LogP contribution in [0.25, 0.3) is 11.4 Å². The van der Waals surface area contributed by atoms with Crippen molar-refractivity contribution in [2.24, 2.45) is 0 Å². The van der Waals surface area contributed by atoms with Gasteiger partial charge < -0.3 is 9.84 Å². The zero-order chi connectivity index (χ0) is 19.3. The van der Waals surface area contributed by atoms with Crippen LogP contribution < -0.4 is 5.32 Å². The summed E-state index contributed by atoms with van der Waals surface area (Å²) < 4.78 is 5.38. The zero-order valence-corrected chi connectivity index (χ0v) is 16.6. The van der Waals surface area contributed by atoms with Crippen molar-refractivity contribution in [3.05, 3.63) is 52.5 Å². The Labute approximate surface area is 168 Å². The lowest BCUT2D eigenvalue weighted by Gasteiger charge is -2.33. The van der Waals surface area contributed by atoms with E-state index < -0.39 is 0 Å². The third-order valence-electron chi connectivity index (χ3n) is 4.77. The average molecular weight is 398 g/mol. The van der Waals surface area contributed by atoms with Gasteiger partial charge in [-0.25, -0.2) is 0 Å². The van der Waals surface area contributed by atoms with Gasteiger partial charge in [0.05, 0.1) is 13.1 Å². The van der Waals surface area contributed by atoms with E-state index in [2.05, 4.69) is 25.3 Å². The highest BCUT2D eigenvalue weighted by molar-refractivity contribution is 7.08. The number of carbonyl (C=O) groups excluding carboxylic acids is 1. The summed E-state index contributed by atoms with van der Waals surface area (Å²) in [4.78, 5) is 21.2. The molecule has 3 heterocycles. The van der Waals surface area contributed by atoms with Crippen molar-refractivity contribution in [3.8, 4) is 11.4 Å². The molecule has 1 saturated heterocycles. The Morgan fingerprint density at radius 3 is 2.61 bits per heavy atom. The van der Waals surface area contributed by atoms with Crippen molar-refractivity contribution in [1.29, 1.82) is 0 Å². The first kappa shape index (κ1) is 18.8. The van der Waals surface area contributed by atoms with E-state index in [1.165, 1.54) is 5.56 Å². The second kappa shape index (κ2) is 8.64. The van der Waals surface area contributed by atoms with E-state index in [0.29, 0.717) is 24.8 Å². The number of thiophene rings is 1. The van der Waals surface area contributed by atoms with Gasteiger partial charge in [-0.3, -0.25) is 14.6 Å². The van der Waals surface area contributed by atoms with Gasteiger partial charge in [-0.1, -0.05) is 22.9 Å². The molecule has 0 saturated carbocycles. The Bertz CT molecular complexity index is 899. The van der Waals surface area contributed by atoms with Crippen LogP contribution in [0.1, 0.15) is 11.5 Å². The van der Waals surface area contributed by atoms with E-state index in [-0.39, 0.29) is 5.91 Å². The molecule has 0 bridgehead atoms. The van der Waals surface area contributed by atoms with Crippen LogP contribution in [0.2, 0.25) is 0 Å². The molecular weight excluding hydrogens is 374 g/mol. The van der Waals surface area contributed by atoms with E-state index in [1.807, 2.05) is 48.0 Å². The highest BCUT2D eigenvalue weighted by atomic mass is 32.1. The molecule has 4 rings (SSSR count). The topological polar surface area (TPSA) is 74.5 Å². The first-order valence-electron chi connectivity index (χ1n) is 9.32. The number of anilines is 1.